The Labute approximate surface area is 174 Å². The number of hydrogen-bond acceptors (Lipinski definition) is 0. The predicted octanol–water partition coefficient (Wildman–Crippen LogP) is 6.37. The molecule has 29 heavy (non-hydrogen) atoms. The molecule has 5 rings (SSSR count). The van der Waals surface area contributed by atoms with E-state index in [1.165, 1.54) is 66.1 Å². The van der Waals surface area contributed by atoms with Crippen LogP contribution < -0.4 is 4.57 Å². The molecule has 0 N–H and O–H groups in total. The van der Waals surface area contributed by atoms with Crippen molar-refractivity contribution < 1.29 is 4.57 Å². The highest BCUT2D eigenvalue weighted by molar-refractivity contribution is 5.63. The van der Waals surface area contributed by atoms with Gasteiger partial charge in [0.25, 0.3) is 5.82 Å². The van der Waals surface area contributed by atoms with Crippen LogP contribution in [0, 0.1) is 19.8 Å². The van der Waals surface area contributed by atoms with Gasteiger partial charge in [-0.15, -0.1) is 0 Å². The summed E-state index contributed by atoms with van der Waals surface area (Å²) in [5.41, 5.74) is 6.61. The second-order valence-corrected chi connectivity index (χ2v) is 9.01. The van der Waals surface area contributed by atoms with E-state index in [1.54, 1.807) is 0 Å². The van der Waals surface area contributed by atoms with Crippen molar-refractivity contribution in [1.82, 2.24) is 4.57 Å². The third kappa shape index (κ3) is 2.80. The van der Waals surface area contributed by atoms with Crippen molar-refractivity contribution in [2.24, 2.45) is 5.92 Å². The van der Waals surface area contributed by atoms with Gasteiger partial charge in [0.05, 0.1) is 5.56 Å². The topological polar surface area (TPSA) is 8.81 Å². The van der Waals surface area contributed by atoms with Gasteiger partial charge >= 0.3 is 0 Å². The number of aromatic nitrogens is 2. The van der Waals surface area contributed by atoms with Crippen LogP contribution in [-0.2, 0) is 5.54 Å². The van der Waals surface area contributed by atoms with E-state index in [0.717, 1.165) is 0 Å². The van der Waals surface area contributed by atoms with Gasteiger partial charge < -0.3 is 0 Å². The van der Waals surface area contributed by atoms with Gasteiger partial charge in [0.1, 0.15) is 11.2 Å². The number of nitrogens with zero attached hydrogens (tertiary/aromatic N) is 2. The first-order chi connectivity index (χ1) is 14.1. The Morgan fingerprint density at radius 2 is 1.59 bits per heavy atom. The molecule has 0 amide bonds. The van der Waals surface area contributed by atoms with Crippen LogP contribution >= 0.6 is 0 Å². The second kappa shape index (κ2) is 7.02. The number of para-hydroxylation sites is 1. The van der Waals surface area contributed by atoms with Crippen molar-refractivity contribution in [3.05, 3.63) is 77.6 Å². The normalized spacial score (nSPS) is 21.5. The molecule has 2 aromatic carbocycles. The Kier molecular flexibility index (Phi) is 4.46. The molecule has 0 bridgehead atoms. The van der Waals surface area contributed by atoms with Gasteiger partial charge in [-0.25, -0.2) is 4.57 Å². The molecular weight excluding hydrogens is 352 g/mol. The van der Waals surface area contributed by atoms with Crippen molar-refractivity contribution in [1.29, 1.82) is 0 Å². The molecule has 3 aromatic rings. The highest BCUT2D eigenvalue weighted by atomic mass is 15.2. The fraction of sp³-hybridized carbons (Fsp3) is 0.370. The van der Waals surface area contributed by atoms with E-state index >= 15 is 0 Å². The fourth-order valence-corrected chi connectivity index (χ4v) is 5.61. The van der Waals surface area contributed by atoms with Crippen LogP contribution in [0.2, 0.25) is 0 Å². The maximum absolute atomic E-state index is 2.65. The molecule has 1 unspecified atom stereocenters. The lowest BCUT2D eigenvalue weighted by molar-refractivity contribution is -0.744. The van der Waals surface area contributed by atoms with E-state index in [9.17, 15) is 0 Å². The van der Waals surface area contributed by atoms with Gasteiger partial charge in [-0.05, 0) is 62.6 Å². The van der Waals surface area contributed by atoms with E-state index < -0.39 is 0 Å². The molecule has 1 aliphatic heterocycles. The van der Waals surface area contributed by atoms with Gasteiger partial charge in [-0.3, -0.25) is 0 Å². The first-order valence-corrected chi connectivity index (χ1v) is 11.1. The molecule has 0 radical (unpaired) electrons. The van der Waals surface area contributed by atoms with Gasteiger partial charge in [-0.1, -0.05) is 55.7 Å². The first-order valence-electron chi connectivity index (χ1n) is 11.1. The lowest BCUT2D eigenvalue weighted by Crippen LogP contribution is -2.57. The standard InChI is InChI=1S/C27H31N2/c1-20-12-10-11-17-24(20)28-21(2)25-18-19-27(3,23-15-8-5-9-16-23)29(25)26(28)22-13-6-4-7-14-22/h4,6-7,10-14,17-19,23H,5,8-9,15-16H2,1-3H3/q+1. The fourth-order valence-electron chi connectivity index (χ4n) is 5.61. The van der Waals surface area contributed by atoms with E-state index in [0.29, 0.717) is 5.92 Å². The summed E-state index contributed by atoms with van der Waals surface area (Å²) in [7, 11) is 0. The SMILES string of the molecule is Cc1ccccc1-n1c(C)c2[n+](c1-c1ccccc1)C(C)(C1CCCCC1)C=C2. The molecule has 1 atom stereocenters. The average molecular weight is 384 g/mol. The molecular formula is C27H31N2+. The zero-order valence-electron chi connectivity index (χ0n) is 17.9. The summed E-state index contributed by atoms with van der Waals surface area (Å²) in [4.78, 5) is 0. The number of benzene rings is 2. The molecule has 1 aliphatic carbocycles. The Hall–Kier alpha value is -2.61. The second-order valence-electron chi connectivity index (χ2n) is 9.01. The summed E-state index contributed by atoms with van der Waals surface area (Å²) in [6, 6.07) is 19.7. The minimum absolute atomic E-state index is 0.0413. The van der Waals surface area contributed by atoms with Crippen LogP contribution in [0.25, 0.3) is 23.2 Å². The van der Waals surface area contributed by atoms with Crippen LogP contribution in [0.3, 0.4) is 0 Å². The third-order valence-electron chi connectivity index (χ3n) is 7.25. The Morgan fingerprint density at radius 3 is 2.31 bits per heavy atom. The van der Waals surface area contributed by atoms with Crippen LogP contribution in [0.1, 0.15) is 56.0 Å². The van der Waals surface area contributed by atoms with E-state index in [4.69, 9.17) is 0 Å². The molecule has 2 heteroatoms. The summed E-state index contributed by atoms with van der Waals surface area (Å²) in [6.45, 7) is 6.96. The zero-order valence-corrected chi connectivity index (χ0v) is 17.9. The molecule has 1 fully saturated rings. The molecule has 0 spiro atoms. The molecule has 0 saturated heterocycles. The monoisotopic (exact) mass is 383 g/mol. The molecule has 148 valence electrons. The van der Waals surface area contributed by atoms with Crippen molar-refractivity contribution in [2.45, 2.75) is 58.4 Å². The summed E-state index contributed by atoms with van der Waals surface area (Å²) < 4.78 is 5.14. The van der Waals surface area contributed by atoms with Crippen LogP contribution in [0.15, 0.2) is 60.7 Å². The van der Waals surface area contributed by atoms with E-state index in [-0.39, 0.29) is 5.54 Å². The Bertz CT molecular complexity index is 1070. The lowest BCUT2D eigenvalue weighted by Gasteiger charge is -2.34. The highest BCUT2D eigenvalue weighted by Gasteiger charge is 2.48. The van der Waals surface area contributed by atoms with Gasteiger partial charge in [0.2, 0.25) is 0 Å². The summed E-state index contributed by atoms with van der Waals surface area (Å²) in [5.74, 6) is 2.01. The molecule has 2 aliphatic rings. The van der Waals surface area contributed by atoms with Crippen molar-refractivity contribution in [3.8, 4) is 17.1 Å². The average Bonchev–Trinajstić information content (AvgIpc) is 3.26. The predicted molar refractivity (Wildman–Crippen MR) is 120 cm³/mol. The van der Waals surface area contributed by atoms with Crippen molar-refractivity contribution in [3.63, 3.8) is 0 Å². The summed E-state index contributed by atoms with van der Waals surface area (Å²) in [5, 5.41) is 0. The molecule has 1 aromatic heterocycles. The summed E-state index contributed by atoms with van der Waals surface area (Å²) >= 11 is 0. The number of allylic oxidation sites excluding steroid dienone is 1. The smallest absolute Gasteiger partial charge is 0.214 e. The molecule has 1 saturated carbocycles. The summed E-state index contributed by atoms with van der Waals surface area (Å²) in [6.07, 6.45) is 11.6. The van der Waals surface area contributed by atoms with E-state index in [1.807, 2.05) is 0 Å². The molecule has 2 heterocycles. The van der Waals surface area contributed by atoms with E-state index in [2.05, 4.69) is 96.7 Å². The largest absolute Gasteiger partial charge is 0.295 e. The quantitative estimate of drug-likeness (QED) is 0.465. The Balaban J connectivity index is 1.80. The van der Waals surface area contributed by atoms with Crippen molar-refractivity contribution >= 4 is 6.08 Å². The minimum atomic E-state index is 0.0413. The Morgan fingerprint density at radius 1 is 0.897 bits per heavy atom. The van der Waals surface area contributed by atoms with Crippen LogP contribution in [0.4, 0.5) is 0 Å². The lowest BCUT2D eigenvalue weighted by atomic mass is 9.76. The third-order valence-corrected chi connectivity index (χ3v) is 7.25. The number of aryl methyl sites for hydroxylation is 1. The van der Waals surface area contributed by atoms with Crippen LogP contribution in [0.5, 0.6) is 0 Å². The highest BCUT2D eigenvalue weighted by Crippen LogP contribution is 2.41. The molecule has 2 nitrogen and oxygen atoms in total. The maximum Gasteiger partial charge on any atom is 0.295 e. The van der Waals surface area contributed by atoms with Gasteiger partial charge in [-0.2, -0.15) is 4.57 Å². The number of imidazole rings is 1. The van der Waals surface area contributed by atoms with Crippen LogP contribution in [-0.4, -0.2) is 4.57 Å². The zero-order chi connectivity index (χ0) is 20.0. The minimum Gasteiger partial charge on any atom is -0.214 e. The van der Waals surface area contributed by atoms with Gasteiger partial charge in [0, 0.05) is 12.8 Å². The number of hydrogen-bond donors (Lipinski definition) is 0. The van der Waals surface area contributed by atoms with Gasteiger partial charge in [0.15, 0.2) is 11.4 Å². The van der Waals surface area contributed by atoms with Crippen molar-refractivity contribution in [2.75, 3.05) is 0 Å². The maximum atomic E-state index is 2.65. The number of rotatable bonds is 3. The first kappa shape index (κ1) is 18.4. The number of fused-ring (bicyclic) bond motifs is 1.